The van der Waals surface area contributed by atoms with Crippen molar-refractivity contribution in [3.8, 4) is 17.0 Å². The number of carbonyl (C=O) groups excluding carboxylic acids is 1. The number of halogens is 3. The van der Waals surface area contributed by atoms with Gasteiger partial charge in [0.1, 0.15) is 5.75 Å². The Morgan fingerprint density at radius 1 is 1.10 bits per heavy atom. The van der Waals surface area contributed by atoms with Gasteiger partial charge in [-0.05, 0) is 43.2 Å². The van der Waals surface area contributed by atoms with Crippen LogP contribution in [-0.2, 0) is 17.4 Å². The minimum absolute atomic E-state index is 0.218. The summed E-state index contributed by atoms with van der Waals surface area (Å²) >= 11 is 0. The van der Waals surface area contributed by atoms with Crippen LogP contribution in [0.4, 0.5) is 13.2 Å². The fourth-order valence-corrected chi connectivity index (χ4v) is 2.87. The Balaban J connectivity index is 1.41. The second-order valence-electron chi connectivity index (χ2n) is 6.87. The molecule has 0 atom stereocenters. The van der Waals surface area contributed by atoms with Gasteiger partial charge in [0.15, 0.2) is 6.61 Å². The molecule has 5 nitrogen and oxygen atoms in total. The largest absolute Gasteiger partial charge is 0.484 e. The Bertz CT molecular complexity index is 954. The summed E-state index contributed by atoms with van der Waals surface area (Å²) in [6, 6.07) is 16.1. The highest BCUT2D eigenvalue weighted by molar-refractivity contribution is 5.77. The molecule has 30 heavy (non-hydrogen) atoms. The number of rotatable bonds is 8. The van der Waals surface area contributed by atoms with E-state index >= 15 is 0 Å². The van der Waals surface area contributed by atoms with Crippen molar-refractivity contribution in [1.29, 1.82) is 0 Å². The number of aromatic amines is 1. The zero-order valence-electron chi connectivity index (χ0n) is 16.4. The van der Waals surface area contributed by atoms with Gasteiger partial charge in [-0.3, -0.25) is 9.89 Å². The van der Waals surface area contributed by atoms with Crippen LogP contribution in [0.3, 0.4) is 0 Å². The Morgan fingerprint density at radius 3 is 2.47 bits per heavy atom. The van der Waals surface area contributed by atoms with Crippen molar-refractivity contribution in [1.82, 2.24) is 15.1 Å². The van der Waals surface area contributed by atoms with Gasteiger partial charge in [-0.15, -0.1) is 0 Å². The number of aromatic nitrogens is 2. The summed E-state index contributed by atoms with van der Waals surface area (Å²) in [4.78, 5) is 13.7. The molecule has 0 saturated carbocycles. The van der Waals surface area contributed by atoms with E-state index in [9.17, 15) is 18.0 Å². The van der Waals surface area contributed by atoms with Crippen LogP contribution in [0.25, 0.3) is 11.3 Å². The Hall–Kier alpha value is -3.29. The number of carbonyl (C=O) groups is 1. The average Bonchev–Trinajstić information content (AvgIpc) is 3.21. The van der Waals surface area contributed by atoms with Crippen LogP contribution in [-0.4, -0.2) is 41.2 Å². The van der Waals surface area contributed by atoms with Crippen LogP contribution in [0.1, 0.15) is 17.7 Å². The predicted octanol–water partition coefficient (Wildman–Crippen LogP) is 4.57. The normalized spacial score (nSPS) is 11.3. The molecule has 1 amide bonds. The lowest BCUT2D eigenvalue weighted by atomic mass is 10.1. The number of aryl methyl sites for hydroxylation is 1. The first-order valence-corrected chi connectivity index (χ1v) is 9.46. The van der Waals surface area contributed by atoms with E-state index in [1.54, 1.807) is 11.9 Å². The molecule has 3 aromatic rings. The van der Waals surface area contributed by atoms with Gasteiger partial charge < -0.3 is 9.64 Å². The fourth-order valence-electron chi connectivity index (χ4n) is 2.87. The third-order valence-corrected chi connectivity index (χ3v) is 4.61. The predicted molar refractivity (Wildman–Crippen MR) is 107 cm³/mol. The zero-order valence-corrected chi connectivity index (χ0v) is 16.4. The van der Waals surface area contributed by atoms with E-state index in [2.05, 4.69) is 10.2 Å². The molecule has 0 aliphatic carbocycles. The lowest BCUT2D eigenvalue weighted by Gasteiger charge is -2.17. The number of nitrogens with one attached hydrogen (secondary N) is 1. The zero-order chi connectivity index (χ0) is 21.6. The molecule has 0 radical (unpaired) electrons. The number of alkyl halides is 3. The number of hydrogen-bond donors (Lipinski definition) is 1. The molecule has 8 heteroatoms. The molecule has 0 saturated heterocycles. The van der Waals surface area contributed by atoms with Crippen LogP contribution in [0.5, 0.6) is 5.75 Å². The van der Waals surface area contributed by atoms with Crippen molar-refractivity contribution < 1.29 is 22.7 Å². The van der Waals surface area contributed by atoms with Gasteiger partial charge in [-0.2, -0.15) is 18.3 Å². The van der Waals surface area contributed by atoms with Crippen molar-refractivity contribution in [2.45, 2.75) is 19.0 Å². The Labute approximate surface area is 172 Å². The van der Waals surface area contributed by atoms with E-state index in [4.69, 9.17) is 4.74 Å². The molecule has 1 heterocycles. The Morgan fingerprint density at radius 2 is 1.80 bits per heavy atom. The number of ether oxygens (including phenoxy) is 1. The van der Waals surface area contributed by atoms with E-state index in [1.807, 2.05) is 36.4 Å². The first kappa shape index (κ1) is 21.4. The third-order valence-electron chi connectivity index (χ3n) is 4.61. The highest BCUT2D eigenvalue weighted by Gasteiger charge is 2.30. The van der Waals surface area contributed by atoms with E-state index in [0.29, 0.717) is 6.54 Å². The van der Waals surface area contributed by atoms with E-state index in [-0.39, 0.29) is 18.3 Å². The van der Waals surface area contributed by atoms with Gasteiger partial charge >= 0.3 is 6.18 Å². The Kier molecular flexibility index (Phi) is 6.76. The molecule has 0 aliphatic heterocycles. The molecule has 0 fully saturated rings. The summed E-state index contributed by atoms with van der Waals surface area (Å²) < 4.78 is 43.0. The summed E-state index contributed by atoms with van der Waals surface area (Å²) in [6.45, 7) is 0.291. The van der Waals surface area contributed by atoms with Crippen molar-refractivity contribution in [2.24, 2.45) is 0 Å². The molecule has 1 aromatic heterocycles. The number of hydrogen-bond acceptors (Lipinski definition) is 3. The van der Waals surface area contributed by atoms with Gasteiger partial charge in [0, 0.05) is 24.8 Å². The van der Waals surface area contributed by atoms with E-state index in [0.717, 1.165) is 41.9 Å². The van der Waals surface area contributed by atoms with Crippen LogP contribution in [0.15, 0.2) is 60.7 Å². The number of H-pyrrole nitrogens is 1. The molecule has 0 aliphatic rings. The van der Waals surface area contributed by atoms with Crippen molar-refractivity contribution in [3.63, 3.8) is 0 Å². The molecule has 158 valence electrons. The maximum Gasteiger partial charge on any atom is 0.416 e. The highest BCUT2D eigenvalue weighted by Crippen LogP contribution is 2.30. The monoisotopic (exact) mass is 417 g/mol. The van der Waals surface area contributed by atoms with Crippen LogP contribution in [0.2, 0.25) is 0 Å². The number of likely N-dealkylation sites (N-methyl/N-ethyl adjacent to an activating group) is 1. The van der Waals surface area contributed by atoms with Crippen molar-refractivity contribution in [2.75, 3.05) is 20.2 Å². The second kappa shape index (κ2) is 9.47. The smallest absolute Gasteiger partial charge is 0.416 e. The average molecular weight is 417 g/mol. The van der Waals surface area contributed by atoms with Gasteiger partial charge in [0.25, 0.3) is 5.91 Å². The summed E-state index contributed by atoms with van der Waals surface area (Å²) in [7, 11) is 1.67. The molecule has 3 rings (SSSR count). The van der Waals surface area contributed by atoms with E-state index < -0.39 is 11.7 Å². The first-order chi connectivity index (χ1) is 14.3. The SMILES string of the molecule is CN(CCCc1cc(-c2ccccc2)n[nH]1)C(=O)COc1ccc(C(F)(F)F)cc1. The number of amides is 1. The second-order valence-corrected chi connectivity index (χ2v) is 6.87. The van der Waals surface area contributed by atoms with Crippen LogP contribution in [0, 0.1) is 0 Å². The molecular formula is C22H22F3N3O2. The van der Waals surface area contributed by atoms with Crippen molar-refractivity contribution >= 4 is 5.91 Å². The van der Waals surface area contributed by atoms with E-state index in [1.165, 1.54) is 12.1 Å². The highest BCUT2D eigenvalue weighted by atomic mass is 19.4. The number of nitrogens with zero attached hydrogens (tertiary/aromatic N) is 2. The standard InChI is InChI=1S/C22H22F3N3O2/c1-28(21(29)15-30-19-11-9-17(10-12-19)22(23,24)25)13-5-8-18-14-20(27-26-18)16-6-3-2-4-7-16/h2-4,6-7,9-12,14H,5,8,13,15H2,1H3,(H,26,27). The van der Waals surface area contributed by atoms with Crippen molar-refractivity contribution in [3.05, 3.63) is 71.9 Å². The van der Waals surface area contributed by atoms with Gasteiger partial charge in [0.05, 0.1) is 11.3 Å². The summed E-state index contributed by atoms with van der Waals surface area (Å²) in [5.74, 6) is -0.0277. The topological polar surface area (TPSA) is 58.2 Å². The minimum atomic E-state index is -4.40. The van der Waals surface area contributed by atoms with Gasteiger partial charge in [-0.1, -0.05) is 30.3 Å². The van der Waals surface area contributed by atoms with Gasteiger partial charge in [0.2, 0.25) is 0 Å². The maximum atomic E-state index is 12.6. The minimum Gasteiger partial charge on any atom is -0.484 e. The van der Waals surface area contributed by atoms with Crippen LogP contribution >= 0.6 is 0 Å². The molecule has 0 bridgehead atoms. The molecule has 2 aromatic carbocycles. The third kappa shape index (κ3) is 5.85. The summed E-state index contributed by atoms with van der Waals surface area (Å²) in [5.41, 5.74) is 2.14. The maximum absolute atomic E-state index is 12.6. The molecule has 0 unspecified atom stereocenters. The lowest BCUT2D eigenvalue weighted by molar-refractivity contribution is -0.137. The van der Waals surface area contributed by atoms with Crippen LogP contribution < -0.4 is 4.74 Å². The summed E-state index contributed by atoms with van der Waals surface area (Å²) in [5, 5.41) is 7.32. The summed E-state index contributed by atoms with van der Waals surface area (Å²) in [6.07, 6.45) is -2.93. The number of benzene rings is 2. The fraction of sp³-hybridized carbons (Fsp3) is 0.273. The first-order valence-electron chi connectivity index (χ1n) is 9.46. The van der Waals surface area contributed by atoms with Gasteiger partial charge in [-0.25, -0.2) is 0 Å². The molecule has 1 N–H and O–H groups in total. The molecule has 0 spiro atoms. The lowest BCUT2D eigenvalue weighted by Crippen LogP contribution is -2.32. The molecular weight excluding hydrogens is 395 g/mol. The quantitative estimate of drug-likeness (QED) is 0.584.